The molecule has 0 fully saturated rings. The minimum Gasteiger partial charge on any atom is -0.508 e. The Labute approximate surface area is 111 Å². The molecule has 6 heteroatoms. The lowest BCUT2D eigenvalue weighted by molar-refractivity contribution is 0.102. The van der Waals surface area contributed by atoms with Crippen LogP contribution in [0.1, 0.15) is 10.4 Å². The SMILES string of the molecule is O=C(Nc1cccc(Br)n1)c1ccc(O)cc1F. The Morgan fingerprint density at radius 2 is 2.11 bits per heavy atom. The van der Waals surface area contributed by atoms with Gasteiger partial charge < -0.3 is 10.4 Å². The van der Waals surface area contributed by atoms with Crippen molar-refractivity contribution in [2.45, 2.75) is 0 Å². The fraction of sp³-hybridized carbons (Fsp3) is 0. The Morgan fingerprint density at radius 3 is 2.78 bits per heavy atom. The van der Waals surface area contributed by atoms with Crippen LogP contribution in [0.2, 0.25) is 0 Å². The van der Waals surface area contributed by atoms with E-state index in [-0.39, 0.29) is 11.3 Å². The molecular weight excluding hydrogens is 303 g/mol. The maximum atomic E-state index is 13.4. The molecule has 1 aromatic heterocycles. The highest BCUT2D eigenvalue weighted by Crippen LogP contribution is 2.17. The minimum atomic E-state index is -0.789. The number of rotatable bonds is 2. The van der Waals surface area contributed by atoms with Gasteiger partial charge in [-0.15, -0.1) is 0 Å². The van der Waals surface area contributed by atoms with Gasteiger partial charge in [-0.05, 0) is 40.2 Å². The molecule has 0 aliphatic heterocycles. The summed E-state index contributed by atoms with van der Waals surface area (Å²) in [4.78, 5) is 15.8. The molecule has 0 aliphatic carbocycles. The van der Waals surface area contributed by atoms with Gasteiger partial charge in [-0.2, -0.15) is 0 Å². The first kappa shape index (κ1) is 12.5. The van der Waals surface area contributed by atoms with Gasteiger partial charge in [0.15, 0.2) is 0 Å². The summed E-state index contributed by atoms with van der Waals surface area (Å²) in [5.74, 6) is -1.34. The number of pyridine rings is 1. The fourth-order valence-corrected chi connectivity index (χ4v) is 1.69. The zero-order valence-corrected chi connectivity index (χ0v) is 10.6. The lowest BCUT2D eigenvalue weighted by atomic mass is 10.2. The van der Waals surface area contributed by atoms with Crippen molar-refractivity contribution in [2.24, 2.45) is 0 Å². The third-order valence-corrected chi connectivity index (χ3v) is 2.60. The highest BCUT2D eigenvalue weighted by atomic mass is 79.9. The quantitative estimate of drug-likeness (QED) is 0.838. The van der Waals surface area contributed by atoms with E-state index < -0.39 is 11.7 Å². The van der Waals surface area contributed by atoms with Crippen LogP contribution in [-0.4, -0.2) is 16.0 Å². The molecule has 2 rings (SSSR count). The Bertz CT molecular complexity index is 604. The molecule has 1 heterocycles. The molecule has 0 aliphatic rings. The molecule has 2 aromatic rings. The van der Waals surface area contributed by atoms with Crippen molar-refractivity contribution in [2.75, 3.05) is 5.32 Å². The molecule has 0 atom stereocenters. The van der Waals surface area contributed by atoms with Gasteiger partial charge in [0.25, 0.3) is 5.91 Å². The average Bonchev–Trinajstić information content (AvgIpc) is 2.28. The first-order valence-corrected chi connectivity index (χ1v) is 5.78. The maximum absolute atomic E-state index is 13.4. The fourth-order valence-electron chi connectivity index (χ4n) is 1.35. The number of phenolic OH excluding ortho intramolecular Hbond substituents is 1. The van der Waals surface area contributed by atoms with E-state index >= 15 is 0 Å². The topological polar surface area (TPSA) is 62.2 Å². The molecule has 0 spiro atoms. The molecule has 0 saturated carbocycles. The molecule has 1 amide bonds. The number of carbonyl (C=O) groups excluding carboxylic acids is 1. The van der Waals surface area contributed by atoms with E-state index in [1.807, 2.05) is 0 Å². The van der Waals surface area contributed by atoms with Gasteiger partial charge in [0, 0.05) is 6.07 Å². The van der Waals surface area contributed by atoms with Crippen molar-refractivity contribution in [3.63, 3.8) is 0 Å². The number of nitrogens with zero attached hydrogens (tertiary/aromatic N) is 1. The predicted molar refractivity (Wildman–Crippen MR) is 68.0 cm³/mol. The highest BCUT2D eigenvalue weighted by Gasteiger charge is 2.12. The number of aromatic nitrogens is 1. The van der Waals surface area contributed by atoms with Crippen molar-refractivity contribution < 1.29 is 14.3 Å². The van der Waals surface area contributed by atoms with Crippen LogP contribution in [0.4, 0.5) is 10.2 Å². The Hall–Kier alpha value is -1.95. The van der Waals surface area contributed by atoms with Gasteiger partial charge in [-0.1, -0.05) is 6.07 Å². The molecule has 2 N–H and O–H groups in total. The first-order chi connectivity index (χ1) is 8.56. The van der Waals surface area contributed by atoms with Crippen LogP contribution in [0.5, 0.6) is 5.75 Å². The molecule has 0 bridgehead atoms. The van der Waals surface area contributed by atoms with E-state index in [0.29, 0.717) is 10.4 Å². The smallest absolute Gasteiger partial charge is 0.259 e. The van der Waals surface area contributed by atoms with Crippen LogP contribution in [0, 0.1) is 5.82 Å². The van der Waals surface area contributed by atoms with E-state index in [1.54, 1.807) is 18.2 Å². The van der Waals surface area contributed by atoms with Gasteiger partial charge in [0.1, 0.15) is 22.0 Å². The number of hydrogen-bond donors (Lipinski definition) is 2. The second kappa shape index (κ2) is 5.14. The number of phenols is 1. The monoisotopic (exact) mass is 310 g/mol. The molecule has 0 saturated heterocycles. The number of aromatic hydroxyl groups is 1. The second-order valence-electron chi connectivity index (χ2n) is 3.46. The number of amides is 1. The number of hydrogen-bond acceptors (Lipinski definition) is 3. The van der Waals surface area contributed by atoms with Gasteiger partial charge in [0.2, 0.25) is 0 Å². The zero-order chi connectivity index (χ0) is 13.1. The van der Waals surface area contributed by atoms with E-state index in [4.69, 9.17) is 5.11 Å². The van der Waals surface area contributed by atoms with Crippen molar-refractivity contribution in [3.05, 3.63) is 52.4 Å². The number of benzene rings is 1. The van der Waals surface area contributed by atoms with Crippen LogP contribution in [0.15, 0.2) is 41.0 Å². The molecule has 4 nitrogen and oxygen atoms in total. The number of halogens is 2. The van der Waals surface area contributed by atoms with Crippen molar-refractivity contribution in [1.82, 2.24) is 4.98 Å². The summed E-state index contributed by atoms with van der Waals surface area (Å²) < 4.78 is 14.0. The van der Waals surface area contributed by atoms with Gasteiger partial charge in [-0.25, -0.2) is 9.37 Å². The highest BCUT2D eigenvalue weighted by molar-refractivity contribution is 9.10. The average molecular weight is 311 g/mol. The Balaban J connectivity index is 2.22. The minimum absolute atomic E-state index is 0.158. The molecule has 1 aromatic carbocycles. The standard InChI is InChI=1S/C12H8BrFN2O2/c13-10-2-1-3-11(15-10)16-12(18)8-5-4-7(17)6-9(8)14/h1-6,17H,(H,15,16,18). The van der Waals surface area contributed by atoms with Crippen molar-refractivity contribution >= 4 is 27.7 Å². The van der Waals surface area contributed by atoms with Crippen molar-refractivity contribution in [3.8, 4) is 5.75 Å². The van der Waals surface area contributed by atoms with Crippen molar-refractivity contribution in [1.29, 1.82) is 0 Å². The molecule has 92 valence electrons. The zero-order valence-electron chi connectivity index (χ0n) is 9.02. The first-order valence-electron chi connectivity index (χ1n) is 4.98. The summed E-state index contributed by atoms with van der Waals surface area (Å²) in [6, 6.07) is 8.31. The lowest BCUT2D eigenvalue weighted by Gasteiger charge is -2.05. The van der Waals surface area contributed by atoms with Crippen LogP contribution in [-0.2, 0) is 0 Å². The summed E-state index contributed by atoms with van der Waals surface area (Å²) in [7, 11) is 0. The number of anilines is 1. The van der Waals surface area contributed by atoms with Crippen LogP contribution < -0.4 is 5.32 Å². The summed E-state index contributed by atoms with van der Waals surface area (Å²) >= 11 is 3.16. The Morgan fingerprint density at radius 1 is 1.33 bits per heavy atom. The van der Waals surface area contributed by atoms with E-state index in [1.165, 1.54) is 12.1 Å². The molecule has 0 unspecified atom stereocenters. The van der Waals surface area contributed by atoms with E-state index in [2.05, 4.69) is 26.2 Å². The normalized spacial score (nSPS) is 10.1. The summed E-state index contributed by atoms with van der Waals surface area (Å²) in [5, 5.41) is 11.5. The number of carbonyl (C=O) groups is 1. The third kappa shape index (κ3) is 2.84. The van der Waals surface area contributed by atoms with Gasteiger partial charge in [-0.3, -0.25) is 4.79 Å². The maximum Gasteiger partial charge on any atom is 0.259 e. The third-order valence-electron chi connectivity index (χ3n) is 2.15. The summed E-state index contributed by atoms with van der Waals surface area (Å²) in [5.41, 5.74) is -0.158. The molecular formula is C12H8BrFN2O2. The predicted octanol–water partition coefficient (Wildman–Crippen LogP) is 2.94. The Kier molecular flexibility index (Phi) is 3.57. The second-order valence-corrected chi connectivity index (χ2v) is 4.28. The largest absolute Gasteiger partial charge is 0.508 e. The van der Waals surface area contributed by atoms with E-state index in [0.717, 1.165) is 6.07 Å². The van der Waals surface area contributed by atoms with E-state index in [9.17, 15) is 9.18 Å². The van der Waals surface area contributed by atoms with Crippen LogP contribution in [0.25, 0.3) is 0 Å². The molecule has 18 heavy (non-hydrogen) atoms. The summed E-state index contributed by atoms with van der Waals surface area (Å²) in [6.07, 6.45) is 0. The number of nitrogens with one attached hydrogen (secondary N) is 1. The lowest BCUT2D eigenvalue weighted by Crippen LogP contribution is -2.14. The van der Waals surface area contributed by atoms with Crippen LogP contribution in [0.3, 0.4) is 0 Å². The van der Waals surface area contributed by atoms with Gasteiger partial charge in [0.05, 0.1) is 5.56 Å². The molecule has 0 radical (unpaired) electrons. The van der Waals surface area contributed by atoms with Gasteiger partial charge >= 0.3 is 0 Å². The summed E-state index contributed by atoms with van der Waals surface area (Å²) in [6.45, 7) is 0. The van der Waals surface area contributed by atoms with Crippen LogP contribution >= 0.6 is 15.9 Å².